The molecule has 0 saturated carbocycles. The Kier molecular flexibility index (Phi) is 5.15. The van der Waals surface area contributed by atoms with Crippen LogP contribution in [0.2, 0.25) is 0 Å². The summed E-state index contributed by atoms with van der Waals surface area (Å²) in [4.78, 5) is 0.118. The quantitative estimate of drug-likeness (QED) is 0.580. The first-order valence-corrected chi connectivity index (χ1v) is 6.99. The summed E-state index contributed by atoms with van der Waals surface area (Å²) in [6, 6.07) is 7.99. The largest absolute Gasteiger partial charge is 0.358 e. The lowest BCUT2D eigenvalue weighted by Gasteiger charge is -2.02. The molecule has 0 bridgehead atoms. The predicted molar refractivity (Wildman–Crippen MR) is 67.3 cm³/mol. The molecule has 0 aliphatic carbocycles. The maximum absolute atomic E-state index is 11.7. The van der Waals surface area contributed by atoms with Crippen LogP contribution in [0, 0.1) is 0 Å². The molecule has 0 spiro atoms. The number of hydrogen-bond donors (Lipinski definition) is 0. The van der Waals surface area contributed by atoms with E-state index in [0.717, 1.165) is 19.3 Å². The van der Waals surface area contributed by atoms with Gasteiger partial charge >= 0.3 is 10.1 Å². The van der Waals surface area contributed by atoms with E-state index < -0.39 is 10.1 Å². The Balaban J connectivity index is 2.69. The summed E-state index contributed by atoms with van der Waals surface area (Å²) in [5.41, 5.74) is 0.686. The molecule has 0 amide bonds. The zero-order chi connectivity index (χ0) is 12.7. The molecule has 5 heteroatoms. The fraction of sp³-hybridized carbons (Fsp3) is 0.417. The van der Waals surface area contributed by atoms with Crippen LogP contribution in [0.1, 0.15) is 33.1 Å². The fourth-order valence-corrected chi connectivity index (χ4v) is 2.02. The van der Waals surface area contributed by atoms with Crippen LogP contribution in [0.25, 0.3) is 0 Å². The number of oxime groups is 1. The van der Waals surface area contributed by atoms with E-state index in [9.17, 15) is 8.42 Å². The van der Waals surface area contributed by atoms with Crippen molar-refractivity contribution in [2.24, 2.45) is 5.16 Å². The highest BCUT2D eigenvalue weighted by atomic mass is 32.2. The molecular formula is C12H17NO3S. The number of benzene rings is 1. The van der Waals surface area contributed by atoms with E-state index in [0.29, 0.717) is 5.71 Å². The van der Waals surface area contributed by atoms with Gasteiger partial charge in [-0.25, -0.2) is 0 Å². The summed E-state index contributed by atoms with van der Waals surface area (Å²) in [6.45, 7) is 3.82. The lowest BCUT2D eigenvalue weighted by atomic mass is 10.2. The van der Waals surface area contributed by atoms with Gasteiger partial charge in [0.15, 0.2) is 0 Å². The molecule has 4 nitrogen and oxygen atoms in total. The van der Waals surface area contributed by atoms with Gasteiger partial charge in [0.05, 0.1) is 5.71 Å². The van der Waals surface area contributed by atoms with Crippen LogP contribution in [0.15, 0.2) is 40.4 Å². The summed E-state index contributed by atoms with van der Waals surface area (Å²) in [5.74, 6) is 0. The molecule has 1 aromatic carbocycles. The molecule has 0 fully saturated rings. The fourth-order valence-electron chi connectivity index (χ4n) is 1.22. The zero-order valence-corrected chi connectivity index (χ0v) is 10.9. The number of nitrogens with zero attached hydrogens (tertiary/aromatic N) is 1. The van der Waals surface area contributed by atoms with Crippen LogP contribution in [0.4, 0.5) is 0 Å². The van der Waals surface area contributed by atoms with Gasteiger partial charge in [-0.3, -0.25) is 4.28 Å². The van der Waals surface area contributed by atoms with E-state index >= 15 is 0 Å². The predicted octanol–water partition coefficient (Wildman–Crippen LogP) is 2.96. The molecule has 1 rings (SSSR count). The first-order valence-electron chi connectivity index (χ1n) is 5.58. The molecule has 17 heavy (non-hydrogen) atoms. The van der Waals surface area contributed by atoms with Crippen molar-refractivity contribution >= 4 is 15.8 Å². The second kappa shape index (κ2) is 6.39. The van der Waals surface area contributed by atoms with Gasteiger partial charge in [-0.05, 0) is 31.9 Å². The van der Waals surface area contributed by atoms with Crippen LogP contribution in [-0.2, 0) is 14.4 Å². The highest BCUT2D eigenvalue weighted by molar-refractivity contribution is 7.86. The molecular weight excluding hydrogens is 238 g/mol. The Hall–Kier alpha value is -1.36. The molecule has 0 aliphatic heterocycles. The Bertz CT molecular complexity index is 466. The third kappa shape index (κ3) is 4.56. The van der Waals surface area contributed by atoms with Gasteiger partial charge in [0.1, 0.15) is 4.90 Å². The Labute approximate surface area is 102 Å². The minimum absolute atomic E-state index is 0.118. The van der Waals surface area contributed by atoms with E-state index in [4.69, 9.17) is 0 Å². The van der Waals surface area contributed by atoms with Gasteiger partial charge < -0.3 is 0 Å². The van der Waals surface area contributed by atoms with Gasteiger partial charge in [-0.1, -0.05) is 36.7 Å². The number of rotatable bonds is 6. The minimum atomic E-state index is -3.77. The van der Waals surface area contributed by atoms with Gasteiger partial charge in [0.2, 0.25) is 0 Å². The Morgan fingerprint density at radius 2 is 1.94 bits per heavy atom. The van der Waals surface area contributed by atoms with Crippen LogP contribution >= 0.6 is 0 Å². The average Bonchev–Trinajstić information content (AvgIpc) is 2.35. The van der Waals surface area contributed by atoms with Crippen molar-refractivity contribution in [3.05, 3.63) is 30.3 Å². The van der Waals surface area contributed by atoms with Crippen LogP contribution < -0.4 is 0 Å². The van der Waals surface area contributed by atoms with E-state index in [1.807, 2.05) is 0 Å². The van der Waals surface area contributed by atoms with Crippen molar-refractivity contribution in [3.63, 3.8) is 0 Å². The number of unbranched alkanes of at least 4 members (excludes halogenated alkanes) is 1. The zero-order valence-electron chi connectivity index (χ0n) is 10.1. The number of hydrogen-bond acceptors (Lipinski definition) is 4. The van der Waals surface area contributed by atoms with Crippen molar-refractivity contribution in [1.82, 2.24) is 0 Å². The highest BCUT2D eigenvalue weighted by Crippen LogP contribution is 2.12. The molecule has 0 atom stereocenters. The maximum Gasteiger partial charge on any atom is 0.358 e. The average molecular weight is 255 g/mol. The molecule has 1 aromatic rings. The minimum Gasteiger partial charge on any atom is -0.265 e. The SMILES string of the molecule is CCCCC(C)=NOS(=O)(=O)c1ccccc1. The third-order valence-electron chi connectivity index (χ3n) is 2.22. The van der Waals surface area contributed by atoms with E-state index in [1.165, 1.54) is 12.1 Å². The van der Waals surface area contributed by atoms with Crippen molar-refractivity contribution in [1.29, 1.82) is 0 Å². The van der Waals surface area contributed by atoms with E-state index in [1.54, 1.807) is 25.1 Å². The molecule has 0 aromatic heterocycles. The standard InChI is InChI=1S/C12H17NO3S/c1-3-4-8-11(2)13-16-17(14,15)12-9-6-5-7-10-12/h5-7,9-10H,3-4,8H2,1-2H3. The van der Waals surface area contributed by atoms with Crippen LogP contribution in [-0.4, -0.2) is 14.1 Å². The Morgan fingerprint density at radius 1 is 1.29 bits per heavy atom. The summed E-state index contributed by atoms with van der Waals surface area (Å²) < 4.78 is 28.0. The lowest BCUT2D eigenvalue weighted by Crippen LogP contribution is -2.04. The van der Waals surface area contributed by atoms with Gasteiger partial charge in [0.25, 0.3) is 0 Å². The van der Waals surface area contributed by atoms with Crippen molar-refractivity contribution in [3.8, 4) is 0 Å². The van der Waals surface area contributed by atoms with Gasteiger partial charge in [-0.2, -0.15) is 8.42 Å². The first-order chi connectivity index (χ1) is 8.06. The topological polar surface area (TPSA) is 55.7 Å². The summed E-state index contributed by atoms with van der Waals surface area (Å²) in [6.07, 6.45) is 2.77. The van der Waals surface area contributed by atoms with Crippen LogP contribution in [0.5, 0.6) is 0 Å². The van der Waals surface area contributed by atoms with Crippen molar-refractivity contribution < 1.29 is 12.7 Å². The second-order valence-corrected chi connectivity index (χ2v) is 5.30. The molecule has 0 unspecified atom stereocenters. The third-order valence-corrected chi connectivity index (χ3v) is 3.34. The second-order valence-electron chi connectivity index (χ2n) is 3.77. The molecule has 0 N–H and O–H groups in total. The van der Waals surface area contributed by atoms with Gasteiger partial charge in [-0.15, -0.1) is 0 Å². The van der Waals surface area contributed by atoms with Crippen LogP contribution in [0.3, 0.4) is 0 Å². The summed E-state index contributed by atoms with van der Waals surface area (Å²) in [7, 11) is -3.77. The normalized spacial score (nSPS) is 12.5. The maximum atomic E-state index is 11.7. The molecule has 0 heterocycles. The van der Waals surface area contributed by atoms with E-state index in [-0.39, 0.29) is 4.90 Å². The van der Waals surface area contributed by atoms with E-state index in [2.05, 4.69) is 16.4 Å². The molecule has 0 radical (unpaired) electrons. The first kappa shape index (κ1) is 13.7. The Morgan fingerprint density at radius 3 is 2.53 bits per heavy atom. The highest BCUT2D eigenvalue weighted by Gasteiger charge is 2.14. The molecule has 0 saturated heterocycles. The molecule has 94 valence electrons. The lowest BCUT2D eigenvalue weighted by molar-refractivity contribution is 0.337. The monoisotopic (exact) mass is 255 g/mol. The smallest absolute Gasteiger partial charge is 0.265 e. The summed E-state index contributed by atoms with van der Waals surface area (Å²) in [5, 5.41) is 3.64. The summed E-state index contributed by atoms with van der Waals surface area (Å²) >= 11 is 0. The van der Waals surface area contributed by atoms with Crippen molar-refractivity contribution in [2.75, 3.05) is 0 Å². The van der Waals surface area contributed by atoms with Gasteiger partial charge in [0, 0.05) is 0 Å². The molecule has 0 aliphatic rings. The van der Waals surface area contributed by atoms with Crippen molar-refractivity contribution in [2.45, 2.75) is 38.0 Å².